The van der Waals surface area contributed by atoms with Crippen molar-refractivity contribution < 1.29 is 0 Å². The number of aryl methyl sites for hydroxylation is 1. The summed E-state index contributed by atoms with van der Waals surface area (Å²) in [4.78, 5) is 9.30. The van der Waals surface area contributed by atoms with E-state index in [2.05, 4.69) is 60.6 Å². The largest absolute Gasteiger partial charge is 0.372 e. The molecule has 0 aliphatic rings. The van der Waals surface area contributed by atoms with Crippen LogP contribution in [0.4, 0.5) is 5.82 Å². The molecule has 0 amide bonds. The number of anilines is 1. The van der Waals surface area contributed by atoms with Gasteiger partial charge in [0.1, 0.15) is 11.6 Å². The molecule has 0 unspecified atom stereocenters. The highest BCUT2D eigenvalue weighted by Crippen LogP contribution is 2.29. The number of nitrogens with zero attached hydrogens (tertiary/aromatic N) is 2. The first-order valence-corrected chi connectivity index (χ1v) is 7.22. The predicted molar refractivity (Wildman–Crippen MR) is 81.6 cm³/mol. The van der Waals surface area contributed by atoms with E-state index >= 15 is 0 Å². The number of halogens is 1. The second kappa shape index (κ2) is 5.98. The van der Waals surface area contributed by atoms with Crippen LogP contribution in [0.25, 0.3) is 0 Å². The third-order valence-electron chi connectivity index (χ3n) is 2.60. The Morgan fingerprint density at radius 2 is 1.88 bits per heavy atom. The molecule has 1 aromatic heterocycles. The van der Waals surface area contributed by atoms with E-state index in [1.165, 1.54) is 6.42 Å². The highest BCUT2D eigenvalue weighted by Gasteiger charge is 2.22. The zero-order valence-corrected chi connectivity index (χ0v) is 13.6. The molecule has 1 aromatic rings. The Morgan fingerprint density at radius 3 is 2.35 bits per heavy atom. The van der Waals surface area contributed by atoms with Gasteiger partial charge in [-0.25, -0.2) is 9.97 Å². The number of nitrogens with one attached hydrogen (secondary N) is 1. The molecule has 4 heteroatoms. The van der Waals surface area contributed by atoms with E-state index in [1.807, 2.05) is 7.05 Å². The van der Waals surface area contributed by atoms with Gasteiger partial charge in [-0.2, -0.15) is 0 Å². The molecule has 96 valence electrons. The molecule has 1 N–H and O–H groups in total. The molecule has 1 heterocycles. The molecule has 0 aliphatic heterocycles. The predicted octanol–water partition coefficient (Wildman–Crippen LogP) is 3.76. The van der Waals surface area contributed by atoms with Crippen LogP contribution < -0.4 is 5.32 Å². The lowest BCUT2D eigenvalue weighted by Crippen LogP contribution is -2.19. The zero-order chi connectivity index (χ0) is 13.1. The molecule has 1 rings (SSSR count). The Kier molecular flexibility index (Phi) is 5.16. The van der Waals surface area contributed by atoms with Crippen LogP contribution >= 0.6 is 22.6 Å². The topological polar surface area (TPSA) is 37.8 Å². The minimum atomic E-state index is 0.0615. The molecule has 0 saturated heterocycles. The Balaban J connectivity index is 3.19. The highest BCUT2D eigenvalue weighted by molar-refractivity contribution is 14.1. The highest BCUT2D eigenvalue weighted by atomic mass is 127. The van der Waals surface area contributed by atoms with Crippen molar-refractivity contribution in [3.63, 3.8) is 0 Å². The van der Waals surface area contributed by atoms with Gasteiger partial charge in [0.25, 0.3) is 0 Å². The number of hydrogen-bond donors (Lipinski definition) is 1. The molecule has 3 nitrogen and oxygen atoms in total. The van der Waals surface area contributed by atoms with Gasteiger partial charge >= 0.3 is 0 Å². The fourth-order valence-electron chi connectivity index (χ4n) is 1.60. The first kappa shape index (κ1) is 14.7. The molecule has 0 fully saturated rings. The van der Waals surface area contributed by atoms with Gasteiger partial charge in [0.2, 0.25) is 0 Å². The summed E-state index contributed by atoms with van der Waals surface area (Å²) in [5, 5.41) is 3.17. The minimum absolute atomic E-state index is 0.0615. The van der Waals surface area contributed by atoms with Crippen LogP contribution in [0.2, 0.25) is 0 Å². The third kappa shape index (κ3) is 3.79. The van der Waals surface area contributed by atoms with Gasteiger partial charge in [-0.1, -0.05) is 34.1 Å². The van der Waals surface area contributed by atoms with Crippen LogP contribution in [0.5, 0.6) is 0 Å². The Hall–Kier alpha value is -0.390. The van der Waals surface area contributed by atoms with E-state index in [9.17, 15) is 0 Å². The van der Waals surface area contributed by atoms with Crippen molar-refractivity contribution in [2.75, 3.05) is 12.4 Å². The van der Waals surface area contributed by atoms with Gasteiger partial charge in [0.15, 0.2) is 0 Å². The van der Waals surface area contributed by atoms with Crippen LogP contribution in [0.3, 0.4) is 0 Å². The average Bonchev–Trinajstić information content (AvgIpc) is 2.26. The third-order valence-corrected chi connectivity index (χ3v) is 3.62. The fourth-order valence-corrected chi connectivity index (χ4v) is 2.92. The normalized spacial score (nSPS) is 11.6. The lowest BCUT2D eigenvalue weighted by atomic mass is 9.92. The SMILES string of the molecule is CCCCc1nc(NC)c(I)c(C(C)(C)C)n1. The van der Waals surface area contributed by atoms with Crippen LogP contribution in [-0.2, 0) is 11.8 Å². The summed E-state index contributed by atoms with van der Waals surface area (Å²) < 4.78 is 1.14. The zero-order valence-electron chi connectivity index (χ0n) is 11.4. The Labute approximate surface area is 118 Å². The minimum Gasteiger partial charge on any atom is -0.372 e. The average molecular weight is 347 g/mol. The lowest BCUT2D eigenvalue weighted by Gasteiger charge is -2.21. The van der Waals surface area contributed by atoms with Gasteiger partial charge in [-0.15, -0.1) is 0 Å². The van der Waals surface area contributed by atoms with E-state index in [0.717, 1.165) is 33.7 Å². The molecule has 0 aliphatic carbocycles. The second-order valence-electron chi connectivity index (χ2n) is 5.25. The summed E-state index contributed by atoms with van der Waals surface area (Å²) in [6.07, 6.45) is 3.29. The monoisotopic (exact) mass is 347 g/mol. The van der Waals surface area contributed by atoms with E-state index in [4.69, 9.17) is 4.98 Å². The van der Waals surface area contributed by atoms with Crippen molar-refractivity contribution in [3.05, 3.63) is 15.1 Å². The molecule has 0 saturated carbocycles. The van der Waals surface area contributed by atoms with Crippen molar-refractivity contribution in [2.24, 2.45) is 0 Å². The van der Waals surface area contributed by atoms with E-state index in [-0.39, 0.29) is 5.41 Å². The molecule has 0 atom stereocenters. The summed E-state index contributed by atoms with van der Waals surface area (Å²) in [6.45, 7) is 8.78. The molecule has 0 radical (unpaired) electrons. The van der Waals surface area contributed by atoms with Gasteiger partial charge in [-0.05, 0) is 29.0 Å². The second-order valence-corrected chi connectivity index (χ2v) is 6.33. The van der Waals surface area contributed by atoms with E-state index in [1.54, 1.807) is 0 Å². The van der Waals surface area contributed by atoms with Crippen LogP contribution in [0, 0.1) is 3.57 Å². The van der Waals surface area contributed by atoms with Gasteiger partial charge in [-0.3, -0.25) is 0 Å². The molecule has 0 bridgehead atoms. The van der Waals surface area contributed by atoms with Gasteiger partial charge in [0.05, 0.1) is 9.26 Å². The Bertz CT molecular complexity index is 383. The standard InChI is InChI=1S/C13H22IN3/c1-6-7-8-9-16-11(13(2,3)4)10(14)12(15-5)17-9/h6-8H2,1-5H3,(H,15,16,17). The molecular weight excluding hydrogens is 325 g/mol. The number of aromatic nitrogens is 2. The van der Waals surface area contributed by atoms with Crippen molar-refractivity contribution >= 4 is 28.4 Å². The summed E-state index contributed by atoms with van der Waals surface area (Å²) in [5.74, 6) is 1.91. The first-order valence-electron chi connectivity index (χ1n) is 6.14. The molecule has 17 heavy (non-hydrogen) atoms. The fraction of sp³-hybridized carbons (Fsp3) is 0.692. The van der Waals surface area contributed by atoms with E-state index in [0.29, 0.717) is 0 Å². The molecule has 0 spiro atoms. The van der Waals surface area contributed by atoms with Crippen LogP contribution in [0.1, 0.15) is 52.1 Å². The van der Waals surface area contributed by atoms with Crippen molar-refractivity contribution in [2.45, 2.75) is 52.4 Å². The summed E-state index contributed by atoms with van der Waals surface area (Å²) >= 11 is 2.33. The summed E-state index contributed by atoms with van der Waals surface area (Å²) in [7, 11) is 1.92. The number of hydrogen-bond acceptors (Lipinski definition) is 3. The quantitative estimate of drug-likeness (QED) is 0.843. The smallest absolute Gasteiger partial charge is 0.143 e. The maximum absolute atomic E-state index is 4.73. The Morgan fingerprint density at radius 1 is 1.24 bits per heavy atom. The van der Waals surface area contributed by atoms with Crippen molar-refractivity contribution in [3.8, 4) is 0 Å². The van der Waals surface area contributed by atoms with Gasteiger partial charge in [0, 0.05) is 18.9 Å². The molecule has 0 aromatic carbocycles. The van der Waals surface area contributed by atoms with Crippen molar-refractivity contribution in [1.29, 1.82) is 0 Å². The van der Waals surface area contributed by atoms with Gasteiger partial charge < -0.3 is 5.32 Å². The molecular formula is C13H22IN3. The maximum atomic E-state index is 4.73. The van der Waals surface area contributed by atoms with Crippen LogP contribution in [-0.4, -0.2) is 17.0 Å². The number of unbranched alkanes of at least 4 members (excludes halogenated alkanes) is 1. The summed E-state index contributed by atoms with van der Waals surface area (Å²) in [5.41, 5.74) is 1.20. The number of rotatable bonds is 4. The first-order chi connectivity index (χ1) is 7.90. The van der Waals surface area contributed by atoms with E-state index < -0.39 is 0 Å². The van der Waals surface area contributed by atoms with Crippen molar-refractivity contribution in [1.82, 2.24) is 9.97 Å². The summed E-state index contributed by atoms with van der Waals surface area (Å²) in [6, 6.07) is 0. The van der Waals surface area contributed by atoms with Crippen LogP contribution in [0.15, 0.2) is 0 Å². The maximum Gasteiger partial charge on any atom is 0.143 e. The lowest BCUT2D eigenvalue weighted by molar-refractivity contribution is 0.556.